The quantitative estimate of drug-likeness (QED) is 0.899. The average Bonchev–Trinajstić information content (AvgIpc) is 3.54. The van der Waals surface area contributed by atoms with E-state index in [-0.39, 0.29) is 11.9 Å². The van der Waals surface area contributed by atoms with Gasteiger partial charge in [-0.25, -0.2) is 14.8 Å². The average molecular weight is 366 g/mol. The Balaban J connectivity index is 1.49. The van der Waals surface area contributed by atoms with Gasteiger partial charge in [-0.05, 0) is 43.4 Å². The third-order valence-electron chi connectivity index (χ3n) is 5.33. The second-order valence-corrected chi connectivity index (χ2v) is 7.15. The second-order valence-electron chi connectivity index (χ2n) is 7.15. The summed E-state index contributed by atoms with van der Waals surface area (Å²) in [5.74, 6) is 0.0436. The van der Waals surface area contributed by atoms with E-state index in [0.717, 1.165) is 24.0 Å². The van der Waals surface area contributed by atoms with E-state index in [4.69, 9.17) is 5.11 Å². The van der Waals surface area contributed by atoms with Crippen LogP contribution in [0, 0.1) is 0 Å². The van der Waals surface area contributed by atoms with Crippen LogP contribution in [0.3, 0.4) is 0 Å². The van der Waals surface area contributed by atoms with E-state index < -0.39 is 6.09 Å². The molecule has 1 aliphatic carbocycles. The molecule has 1 saturated heterocycles. The predicted octanol–water partition coefficient (Wildman–Crippen LogP) is 2.89. The Morgan fingerprint density at radius 1 is 0.926 bits per heavy atom. The minimum Gasteiger partial charge on any atom is -0.465 e. The molecule has 4 rings (SSSR count). The monoisotopic (exact) mass is 366 g/mol. The molecule has 2 heterocycles. The van der Waals surface area contributed by atoms with E-state index in [9.17, 15) is 9.59 Å². The van der Waals surface area contributed by atoms with Crippen molar-refractivity contribution in [3.8, 4) is 11.1 Å². The Bertz CT molecular complexity index is 813. The van der Waals surface area contributed by atoms with Crippen LogP contribution in [0.15, 0.2) is 43.0 Å². The van der Waals surface area contributed by atoms with Crippen LogP contribution in [0.5, 0.6) is 0 Å². The van der Waals surface area contributed by atoms with Crippen molar-refractivity contribution in [3.05, 3.63) is 48.5 Å². The number of nitrogens with zero attached hydrogens (tertiary/aromatic N) is 4. The highest BCUT2D eigenvalue weighted by Crippen LogP contribution is 2.33. The number of piperidine rings is 1. The molecule has 7 nitrogen and oxygen atoms in total. The van der Waals surface area contributed by atoms with E-state index in [1.54, 1.807) is 12.4 Å². The number of aromatic nitrogens is 2. The molecular formula is C20H22N4O3. The van der Waals surface area contributed by atoms with Crippen molar-refractivity contribution >= 4 is 12.0 Å². The lowest BCUT2D eigenvalue weighted by Gasteiger charge is -2.38. The Kier molecular flexibility index (Phi) is 4.75. The van der Waals surface area contributed by atoms with Crippen molar-refractivity contribution in [2.24, 2.45) is 0 Å². The summed E-state index contributed by atoms with van der Waals surface area (Å²) in [5, 5.41) is 9.13. The normalized spacial score (nSPS) is 17.6. The summed E-state index contributed by atoms with van der Waals surface area (Å²) >= 11 is 0. The van der Waals surface area contributed by atoms with Gasteiger partial charge in [-0.2, -0.15) is 0 Å². The number of hydrogen-bond acceptors (Lipinski definition) is 4. The number of carbonyl (C=O) groups excluding carboxylic acids is 1. The van der Waals surface area contributed by atoms with Crippen molar-refractivity contribution in [3.63, 3.8) is 0 Å². The molecule has 7 heteroatoms. The maximum atomic E-state index is 13.2. The van der Waals surface area contributed by atoms with E-state index in [1.807, 2.05) is 29.2 Å². The maximum Gasteiger partial charge on any atom is 0.407 e. The molecule has 2 amide bonds. The highest BCUT2D eigenvalue weighted by Gasteiger charge is 2.39. The van der Waals surface area contributed by atoms with E-state index in [1.165, 1.54) is 11.2 Å². The fourth-order valence-corrected chi connectivity index (χ4v) is 3.72. The van der Waals surface area contributed by atoms with Crippen molar-refractivity contribution in [2.45, 2.75) is 37.8 Å². The van der Waals surface area contributed by atoms with Gasteiger partial charge in [0.05, 0.1) is 0 Å². The van der Waals surface area contributed by atoms with E-state index in [2.05, 4.69) is 9.97 Å². The summed E-state index contributed by atoms with van der Waals surface area (Å²) < 4.78 is 0. The van der Waals surface area contributed by atoms with Crippen LogP contribution in [0.25, 0.3) is 11.1 Å². The predicted molar refractivity (Wildman–Crippen MR) is 99.3 cm³/mol. The van der Waals surface area contributed by atoms with Crippen LogP contribution in [0.4, 0.5) is 4.79 Å². The van der Waals surface area contributed by atoms with Gasteiger partial charge in [0, 0.05) is 48.7 Å². The Morgan fingerprint density at radius 3 is 2.07 bits per heavy atom. The summed E-state index contributed by atoms with van der Waals surface area (Å²) in [6.45, 7) is 0.979. The van der Waals surface area contributed by atoms with E-state index in [0.29, 0.717) is 37.5 Å². The first kappa shape index (κ1) is 17.5. The molecule has 1 aliphatic heterocycles. The molecule has 0 spiro atoms. The van der Waals surface area contributed by atoms with Gasteiger partial charge in [0.15, 0.2) is 0 Å². The van der Waals surface area contributed by atoms with Crippen LogP contribution in [0.1, 0.15) is 36.0 Å². The number of carbonyl (C=O) groups is 2. The molecule has 0 unspecified atom stereocenters. The van der Waals surface area contributed by atoms with Gasteiger partial charge in [0.25, 0.3) is 5.91 Å². The first-order chi connectivity index (χ1) is 13.1. The summed E-state index contributed by atoms with van der Waals surface area (Å²) in [6, 6.07) is 7.95. The Labute approximate surface area is 157 Å². The van der Waals surface area contributed by atoms with Crippen molar-refractivity contribution in [2.75, 3.05) is 13.1 Å². The zero-order valence-electron chi connectivity index (χ0n) is 15.0. The standard InChI is InChI=1S/C20H22N4O3/c25-19(15-3-1-14(2-4-15)16-11-21-13-22-12-16)24(17-5-6-17)18-7-9-23(10-8-18)20(26)27/h1-4,11-13,17-18H,5-10H2,(H,26,27). The van der Waals surface area contributed by atoms with Gasteiger partial charge >= 0.3 is 6.09 Å². The minimum atomic E-state index is -0.877. The SMILES string of the molecule is O=C(O)N1CCC(N(C(=O)c2ccc(-c3cncnc3)cc2)C2CC2)CC1. The smallest absolute Gasteiger partial charge is 0.407 e. The van der Waals surface area contributed by atoms with Crippen molar-refractivity contribution < 1.29 is 14.7 Å². The number of amides is 2. The Hall–Kier alpha value is -2.96. The van der Waals surface area contributed by atoms with Gasteiger partial charge < -0.3 is 14.9 Å². The summed E-state index contributed by atoms with van der Waals surface area (Å²) in [7, 11) is 0. The molecule has 27 heavy (non-hydrogen) atoms. The molecule has 2 aromatic rings. The number of rotatable bonds is 4. The molecule has 1 N–H and O–H groups in total. The summed E-state index contributed by atoms with van der Waals surface area (Å²) in [5.41, 5.74) is 2.56. The molecule has 2 aliphatic rings. The third-order valence-corrected chi connectivity index (χ3v) is 5.33. The highest BCUT2D eigenvalue weighted by atomic mass is 16.4. The number of hydrogen-bond donors (Lipinski definition) is 1. The molecule has 1 saturated carbocycles. The Morgan fingerprint density at radius 2 is 1.52 bits per heavy atom. The first-order valence-electron chi connectivity index (χ1n) is 9.29. The van der Waals surface area contributed by atoms with Crippen molar-refractivity contribution in [1.29, 1.82) is 0 Å². The van der Waals surface area contributed by atoms with Crippen LogP contribution < -0.4 is 0 Å². The van der Waals surface area contributed by atoms with Crippen LogP contribution in [-0.2, 0) is 0 Å². The largest absolute Gasteiger partial charge is 0.465 e. The van der Waals surface area contributed by atoms with Crippen LogP contribution >= 0.6 is 0 Å². The zero-order valence-corrected chi connectivity index (χ0v) is 15.0. The number of carboxylic acid groups (broad SMARTS) is 1. The summed E-state index contributed by atoms with van der Waals surface area (Å²) in [6.07, 6.45) is 7.58. The number of benzene rings is 1. The molecule has 0 bridgehead atoms. The topological polar surface area (TPSA) is 86.6 Å². The fourth-order valence-electron chi connectivity index (χ4n) is 3.72. The molecule has 1 aromatic heterocycles. The lowest BCUT2D eigenvalue weighted by atomic mass is 10.0. The van der Waals surface area contributed by atoms with Crippen LogP contribution in [-0.4, -0.2) is 62.0 Å². The fraction of sp³-hybridized carbons (Fsp3) is 0.400. The maximum absolute atomic E-state index is 13.2. The second kappa shape index (κ2) is 7.34. The van der Waals surface area contributed by atoms with E-state index >= 15 is 0 Å². The number of likely N-dealkylation sites (tertiary alicyclic amines) is 1. The van der Waals surface area contributed by atoms with Gasteiger partial charge in [-0.15, -0.1) is 0 Å². The summed E-state index contributed by atoms with van der Waals surface area (Å²) in [4.78, 5) is 35.8. The molecule has 0 radical (unpaired) electrons. The van der Waals surface area contributed by atoms with Gasteiger partial charge in [-0.3, -0.25) is 4.79 Å². The minimum absolute atomic E-state index is 0.0436. The van der Waals surface area contributed by atoms with Crippen molar-refractivity contribution in [1.82, 2.24) is 19.8 Å². The van der Waals surface area contributed by atoms with Crippen LogP contribution in [0.2, 0.25) is 0 Å². The lowest BCUT2D eigenvalue weighted by molar-refractivity contribution is 0.0551. The third kappa shape index (κ3) is 3.77. The van der Waals surface area contributed by atoms with Gasteiger partial charge in [-0.1, -0.05) is 12.1 Å². The highest BCUT2D eigenvalue weighted by molar-refractivity contribution is 5.95. The van der Waals surface area contributed by atoms with Gasteiger partial charge in [0.1, 0.15) is 6.33 Å². The molecule has 140 valence electrons. The zero-order chi connectivity index (χ0) is 18.8. The molecule has 1 aromatic carbocycles. The molecular weight excluding hydrogens is 344 g/mol. The first-order valence-corrected chi connectivity index (χ1v) is 9.29. The molecule has 0 atom stereocenters. The molecule has 2 fully saturated rings. The van der Waals surface area contributed by atoms with Gasteiger partial charge in [0.2, 0.25) is 0 Å². The lowest BCUT2D eigenvalue weighted by Crippen LogP contribution is -2.49.